The van der Waals surface area contributed by atoms with Crippen LogP contribution in [0.15, 0.2) is 83.3 Å². The van der Waals surface area contributed by atoms with Gasteiger partial charge in [0.15, 0.2) is 11.5 Å². The van der Waals surface area contributed by atoms with Crippen LogP contribution in [0.2, 0.25) is 5.02 Å². The second-order valence-corrected chi connectivity index (χ2v) is 8.55. The minimum absolute atomic E-state index is 0.193. The molecule has 1 aromatic heterocycles. The van der Waals surface area contributed by atoms with Gasteiger partial charge in [0.1, 0.15) is 5.58 Å². The molecule has 0 saturated carbocycles. The van der Waals surface area contributed by atoms with Crippen molar-refractivity contribution in [3.05, 3.63) is 106 Å². The van der Waals surface area contributed by atoms with E-state index >= 15 is 0 Å². The second-order valence-electron chi connectivity index (χ2n) is 8.11. The highest BCUT2D eigenvalue weighted by Crippen LogP contribution is 2.22. The third-order valence-electron chi connectivity index (χ3n) is 6.00. The zero-order valence-electron chi connectivity index (χ0n) is 18.2. The van der Waals surface area contributed by atoms with Gasteiger partial charge in [0.05, 0.1) is 5.56 Å². The average Bonchev–Trinajstić information content (AvgIpc) is 3.32. The van der Waals surface area contributed by atoms with Gasteiger partial charge in [0, 0.05) is 47.7 Å². The van der Waals surface area contributed by atoms with E-state index in [2.05, 4.69) is 0 Å². The highest BCUT2D eigenvalue weighted by Gasteiger charge is 2.29. The lowest BCUT2D eigenvalue weighted by Gasteiger charge is -2.34. The molecule has 2 amide bonds. The number of amides is 2. The molecule has 0 bridgehead atoms. The van der Waals surface area contributed by atoms with E-state index in [0.717, 1.165) is 5.39 Å². The maximum Gasteiger partial charge on any atom is 0.289 e. The van der Waals surface area contributed by atoms with Crippen LogP contribution in [0.3, 0.4) is 0 Å². The predicted molar refractivity (Wildman–Crippen MR) is 129 cm³/mol. The number of halogens is 1. The van der Waals surface area contributed by atoms with Gasteiger partial charge < -0.3 is 14.2 Å². The van der Waals surface area contributed by atoms with Gasteiger partial charge in [-0.3, -0.25) is 14.4 Å². The van der Waals surface area contributed by atoms with Crippen molar-refractivity contribution in [1.82, 2.24) is 9.80 Å². The Balaban J connectivity index is 1.29. The molecule has 0 radical (unpaired) electrons. The molecule has 5 rings (SSSR count). The van der Waals surface area contributed by atoms with Crippen LogP contribution in [-0.4, -0.2) is 53.6 Å². The monoisotopic (exact) mass is 472 g/mol. The number of hydrogen-bond acceptors (Lipinski definition) is 4. The van der Waals surface area contributed by atoms with Crippen molar-refractivity contribution in [2.75, 3.05) is 26.2 Å². The molecular formula is C27H21ClN2O4. The van der Waals surface area contributed by atoms with Crippen molar-refractivity contribution in [2.45, 2.75) is 0 Å². The van der Waals surface area contributed by atoms with E-state index in [1.54, 1.807) is 64.4 Å². The van der Waals surface area contributed by atoms with Crippen molar-refractivity contribution in [2.24, 2.45) is 0 Å². The van der Waals surface area contributed by atoms with E-state index in [4.69, 9.17) is 16.0 Å². The van der Waals surface area contributed by atoms with Crippen molar-refractivity contribution in [1.29, 1.82) is 0 Å². The number of ketones is 1. The number of para-hydroxylation sites is 1. The van der Waals surface area contributed by atoms with Crippen LogP contribution in [0.5, 0.6) is 0 Å². The number of carbonyl (C=O) groups is 3. The third kappa shape index (κ3) is 4.20. The van der Waals surface area contributed by atoms with E-state index in [1.807, 2.05) is 24.3 Å². The lowest BCUT2D eigenvalue weighted by Crippen LogP contribution is -2.50. The molecule has 4 aromatic rings. The van der Waals surface area contributed by atoms with E-state index in [0.29, 0.717) is 59.2 Å². The number of fused-ring (bicyclic) bond motifs is 1. The Labute approximate surface area is 201 Å². The number of rotatable bonds is 4. The molecule has 1 aliphatic heterocycles. The summed E-state index contributed by atoms with van der Waals surface area (Å²) < 4.78 is 5.70. The first kappa shape index (κ1) is 21.9. The second kappa shape index (κ2) is 9.15. The minimum atomic E-state index is -0.237. The molecule has 0 spiro atoms. The maximum absolute atomic E-state index is 13.3. The first-order valence-corrected chi connectivity index (χ1v) is 11.4. The largest absolute Gasteiger partial charge is 0.451 e. The molecular weight excluding hydrogens is 452 g/mol. The molecule has 0 unspecified atom stereocenters. The van der Waals surface area contributed by atoms with Gasteiger partial charge in [-0.2, -0.15) is 0 Å². The summed E-state index contributed by atoms with van der Waals surface area (Å²) in [4.78, 5) is 42.6. The summed E-state index contributed by atoms with van der Waals surface area (Å²) in [7, 11) is 0. The molecule has 34 heavy (non-hydrogen) atoms. The van der Waals surface area contributed by atoms with E-state index in [9.17, 15) is 14.4 Å². The quantitative estimate of drug-likeness (QED) is 0.395. The number of carbonyl (C=O) groups excluding carboxylic acids is 3. The van der Waals surface area contributed by atoms with Gasteiger partial charge in [-0.05, 0) is 42.5 Å². The molecule has 2 heterocycles. The van der Waals surface area contributed by atoms with Crippen LogP contribution in [0.1, 0.15) is 36.8 Å². The van der Waals surface area contributed by atoms with E-state index < -0.39 is 0 Å². The Bertz CT molecular complexity index is 1350. The van der Waals surface area contributed by atoms with Crippen molar-refractivity contribution in [3.63, 3.8) is 0 Å². The van der Waals surface area contributed by atoms with E-state index in [-0.39, 0.29) is 17.6 Å². The van der Waals surface area contributed by atoms with Gasteiger partial charge in [0.25, 0.3) is 11.8 Å². The van der Waals surface area contributed by atoms with Crippen molar-refractivity contribution < 1.29 is 18.8 Å². The number of nitrogens with zero attached hydrogens (tertiary/aromatic N) is 2. The van der Waals surface area contributed by atoms with Crippen LogP contribution >= 0.6 is 11.6 Å². The number of furan rings is 1. The molecule has 1 saturated heterocycles. The smallest absolute Gasteiger partial charge is 0.289 e. The van der Waals surface area contributed by atoms with Gasteiger partial charge in [-0.1, -0.05) is 48.0 Å². The summed E-state index contributed by atoms with van der Waals surface area (Å²) in [6, 6.07) is 22.6. The lowest BCUT2D eigenvalue weighted by atomic mass is 9.97. The molecule has 3 aromatic carbocycles. The first-order valence-electron chi connectivity index (χ1n) is 11.0. The SMILES string of the molecule is O=C(c1ccc(Cl)cc1)c1ccccc1C(=O)N1CCN(C(=O)c2cc3ccccc3o2)CC1. The topological polar surface area (TPSA) is 70.8 Å². The highest BCUT2D eigenvalue weighted by molar-refractivity contribution is 6.30. The van der Waals surface area contributed by atoms with Gasteiger partial charge in [-0.15, -0.1) is 0 Å². The first-order chi connectivity index (χ1) is 16.5. The lowest BCUT2D eigenvalue weighted by molar-refractivity contribution is 0.0518. The fourth-order valence-electron chi connectivity index (χ4n) is 4.15. The fraction of sp³-hybridized carbons (Fsp3) is 0.148. The summed E-state index contributed by atoms with van der Waals surface area (Å²) in [5.41, 5.74) is 1.82. The van der Waals surface area contributed by atoms with Crippen LogP contribution in [-0.2, 0) is 0 Å². The zero-order valence-corrected chi connectivity index (χ0v) is 19.0. The summed E-state index contributed by atoms with van der Waals surface area (Å²) >= 11 is 5.93. The summed E-state index contributed by atoms with van der Waals surface area (Å²) in [5, 5.41) is 1.41. The van der Waals surface area contributed by atoms with Crippen LogP contribution in [0.25, 0.3) is 11.0 Å². The maximum atomic E-state index is 13.3. The Morgan fingerprint density at radius 2 is 1.29 bits per heavy atom. The standard InChI is InChI=1S/C27H21ClN2O4/c28-20-11-9-18(10-12-20)25(31)21-6-2-3-7-22(21)26(32)29-13-15-30(16-14-29)27(33)24-17-19-5-1-4-8-23(19)34-24/h1-12,17H,13-16H2. The Morgan fingerprint density at radius 1 is 0.706 bits per heavy atom. The molecule has 170 valence electrons. The molecule has 7 heteroatoms. The van der Waals surface area contributed by atoms with Crippen LogP contribution in [0.4, 0.5) is 0 Å². The predicted octanol–water partition coefficient (Wildman–Crippen LogP) is 4.92. The average molecular weight is 473 g/mol. The molecule has 0 aliphatic carbocycles. The molecule has 1 aliphatic rings. The Hall–Kier alpha value is -3.90. The van der Waals surface area contributed by atoms with Gasteiger partial charge in [-0.25, -0.2) is 0 Å². The molecule has 0 atom stereocenters. The Morgan fingerprint density at radius 3 is 1.97 bits per heavy atom. The molecule has 0 N–H and O–H groups in total. The normalized spacial score (nSPS) is 13.8. The Kier molecular flexibility index (Phi) is 5.90. The number of hydrogen-bond donors (Lipinski definition) is 0. The summed E-state index contributed by atoms with van der Waals surface area (Å²) in [6.45, 7) is 1.51. The summed E-state index contributed by atoms with van der Waals surface area (Å²) in [5.74, 6) is -0.366. The molecule has 6 nitrogen and oxygen atoms in total. The zero-order chi connectivity index (χ0) is 23.7. The van der Waals surface area contributed by atoms with Crippen LogP contribution in [0, 0.1) is 0 Å². The highest BCUT2D eigenvalue weighted by atomic mass is 35.5. The third-order valence-corrected chi connectivity index (χ3v) is 6.25. The van der Waals surface area contributed by atoms with E-state index in [1.165, 1.54) is 0 Å². The van der Waals surface area contributed by atoms with Crippen molar-refractivity contribution >= 4 is 40.2 Å². The summed E-state index contributed by atoms with van der Waals surface area (Å²) in [6.07, 6.45) is 0. The fourth-order valence-corrected chi connectivity index (χ4v) is 4.28. The minimum Gasteiger partial charge on any atom is -0.451 e. The van der Waals surface area contributed by atoms with Crippen molar-refractivity contribution in [3.8, 4) is 0 Å². The number of piperazine rings is 1. The van der Waals surface area contributed by atoms with Gasteiger partial charge >= 0.3 is 0 Å². The number of benzene rings is 3. The van der Waals surface area contributed by atoms with Crippen LogP contribution < -0.4 is 0 Å². The molecule has 1 fully saturated rings. The van der Waals surface area contributed by atoms with Gasteiger partial charge in [0.2, 0.25) is 0 Å².